The molecule has 0 amide bonds. The van der Waals surface area contributed by atoms with Gasteiger partial charge in [-0.05, 0) is 100 Å². The third-order valence-corrected chi connectivity index (χ3v) is 13.9. The normalized spacial score (nSPS) is 16.8. The summed E-state index contributed by atoms with van der Waals surface area (Å²) in [4.78, 5) is 2.51. The molecule has 0 saturated heterocycles. The Bertz CT molecular complexity index is 3580. The van der Waals surface area contributed by atoms with Crippen LogP contribution in [-0.2, 0) is 5.41 Å². The van der Waals surface area contributed by atoms with Crippen molar-refractivity contribution in [1.82, 2.24) is 8.97 Å². The minimum Gasteiger partial charge on any atom is -0.310 e. The van der Waals surface area contributed by atoms with Crippen molar-refractivity contribution in [1.29, 1.82) is 0 Å². The SMILES string of the molecule is CC1(C)c2ccc(N(c3ccc(-c4cccc5c4c4ccccc4n5-c4ccccc4)cc3)c3cccc4c3c3cccc5c6ccccc6n4c53)cc2[C@H]2C=CC=CC21. The van der Waals surface area contributed by atoms with Crippen molar-refractivity contribution in [2.75, 3.05) is 4.90 Å². The molecule has 0 radical (unpaired) electrons. The number of fused-ring (bicyclic) bond motifs is 12. The molecular formula is C57H41N3. The Kier molecular flexibility index (Phi) is 6.90. The third-order valence-electron chi connectivity index (χ3n) is 13.9. The number of nitrogens with zero attached hydrogens (tertiary/aromatic N) is 3. The summed E-state index contributed by atoms with van der Waals surface area (Å²) in [6, 6.07) is 65.4. The second-order valence-electron chi connectivity index (χ2n) is 17.3. The number of hydrogen-bond donors (Lipinski definition) is 0. The Morgan fingerprint density at radius 1 is 0.500 bits per heavy atom. The zero-order valence-electron chi connectivity index (χ0n) is 33.5. The van der Waals surface area contributed by atoms with Crippen LogP contribution in [0.1, 0.15) is 30.9 Å². The molecule has 3 nitrogen and oxygen atoms in total. The molecule has 2 aliphatic rings. The summed E-state index contributed by atoms with van der Waals surface area (Å²) in [6.07, 6.45) is 9.30. The molecule has 11 aromatic rings. The zero-order valence-corrected chi connectivity index (χ0v) is 33.5. The molecule has 0 N–H and O–H groups in total. The lowest BCUT2D eigenvalue weighted by Crippen LogP contribution is -2.24. The summed E-state index contributed by atoms with van der Waals surface area (Å²) in [7, 11) is 0. The summed E-state index contributed by atoms with van der Waals surface area (Å²) in [5.74, 6) is 0.791. The van der Waals surface area contributed by atoms with Crippen LogP contribution >= 0.6 is 0 Å². The second-order valence-corrected chi connectivity index (χ2v) is 17.3. The lowest BCUT2D eigenvalue weighted by Gasteiger charge is -2.29. The monoisotopic (exact) mass is 767 g/mol. The Labute approximate surface area is 348 Å². The van der Waals surface area contributed by atoms with Crippen molar-refractivity contribution in [3.63, 3.8) is 0 Å². The number of aromatic nitrogens is 2. The van der Waals surface area contributed by atoms with E-state index >= 15 is 0 Å². The highest BCUT2D eigenvalue weighted by Crippen LogP contribution is 2.55. The minimum atomic E-state index is 0.0468. The molecule has 2 atom stereocenters. The van der Waals surface area contributed by atoms with Gasteiger partial charge in [0.05, 0.1) is 33.3 Å². The molecule has 0 aliphatic heterocycles. The fourth-order valence-corrected chi connectivity index (χ4v) is 11.3. The smallest absolute Gasteiger partial charge is 0.0621 e. The van der Waals surface area contributed by atoms with Gasteiger partial charge in [0.2, 0.25) is 0 Å². The van der Waals surface area contributed by atoms with Gasteiger partial charge >= 0.3 is 0 Å². The first-order chi connectivity index (χ1) is 29.6. The first-order valence-electron chi connectivity index (χ1n) is 21.2. The van der Waals surface area contributed by atoms with Gasteiger partial charge in [-0.1, -0.05) is 147 Å². The number of rotatable bonds is 5. The van der Waals surface area contributed by atoms with E-state index in [2.05, 4.69) is 228 Å². The quantitative estimate of drug-likeness (QED) is 0.170. The lowest BCUT2D eigenvalue weighted by molar-refractivity contribution is 0.394. The van der Waals surface area contributed by atoms with E-state index in [-0.39, 0.29) is 5.41 Å². The molecule has 0 spiro atoms. The number of para-hydroxylation sites is 4. The van der Waals surface area contributed by atoms with Gasteiger partial charge in [-0.15, -0.1) is 0 Å². The van der Waals surface area contributed by atoms with Crippen molar-refractivity contribution in [2.45, 2.75) is 25.2 Å². The number of hydrogen-bond acceptors (Lipinski definition) is 1. The number of allylic oxidation sites excluding steroid dienone is 4. The molecule has 8 aromatic carbocycles. The average Bonchev–Trinajstić information content (AvgIpc) is 4.01. The van der Waals surface area contributed by atoms with Gasteiger partial charge < -0.3 is 13.9 Å². The minimum absolute atomic E-state index is 0.0468. The van der Waals surface area contributed by atoms with E-state index in [1.165, 1.54) is 99.2 Å². The van der Waals surface area contributed by atoms with Crippen LogP contribution in [0.5, 0.6) is 0 Å². The van der Waals surface area contributed by atoms with E-state index in [0.29, 0.717) is 11.8 Å². The largest absolute Gasteiger partial charge is 0.310 e. The van der Waals surface area contributed by atoms with Crippen LogP contribution in [0.15, 0.2) is 200 Å². The predicted octanol–water partition coefficient (Wildman–Crippen LogP) is 15.2. The van der Waals surface area contributed by atoms with Gasteiger partial charge in [0, 0.05) is 55.3 Å². The number of benzene rings is 8. The van der Waals surface area contributed by atoms with Crippen LogP contribution in [-0.4, -0.2) is 8.97 Å². The van der Waals surface area contributed by atoms with Crippen LogP contribution in [0.3, 0.4) is 0 Å². The van der Waals surface area contributed by atoms with E-state index in [1.54, 1.807) is 0 Å². The predicted molar refractivity (Wildman–Crippen MR) is 253 cm³/mol. The molecule has 13 rings (SSSR count). The molecule has 3 heterocycles. The van der Waals surface area contributed by atoms with Crippen molar-refractivity contribution in [3.8, 4) is 16.8 Å². The maximum atomic E-state index is 2.51. The van der Waals surface area contributed by atoms with Gasteiger partial charge in [-0.25, -0.2) is 0 Å². The summed E-state index contributed by atoms with van der Waals surface area (Å²) in [5.41, 5.74) is 16.2. The van der Waals surface area contributed by atoms with E-state index in [1.807, 2.05) is 0 Å². The Morgan fingerprint density at radius 3 is 2.03 bits per heavy atom. The standard InChI is InChI=1S/C57H41N3/c1-57(2)47-23-9-6-17-41(47)46-35-39(33-34-48(46)57)58(52-27-14-28-53-55(52)45-22-12-21-43-42-18-7-10-24-49(42)60(53)56(43)45)38-31-29-36(30-32-38)40-20-13-26-51-54(40)44-19-8-11-25-50(44)59(51)37-15-4-3-5-16-37/h3-35,41,47H,1-2H3/t41-,47?/m1/s1. The first-order valence-corrected chi connectivity index (χ1v) is 21.2. The van der Waals surface area contributed by atoms with Crippen LogP contribution < -0.4 is 4.90 Å². The van der Waals surface area contributed by atoms with Gasteiger partial charge in [0.25, 0.3) is 0 Å². The fourth-order valence-electron chi connectivity index (χ4n) is 11.3. The van der Waals surface area contributed by atoms with Crippen molar-refractivity contribution in [2.24, 2.45) is 5.92 Å². The van der Waals surface area contributed by atoms with E-state index in [4.69, 9.17) is 0 Å². The molecule has 3 heteroatoms. The highest BCUT2D eigenvalue weighted by atomic mass is 15.1. The van der Waals surface area contributed by atoms with Crippen molar-refractivity contribution < 1.29 is 0 Å². The molecular weight excluding hydrogens is 727 g/mol. The molecule has 284 valence electrons. The summed E-state index contributed by atoms with van der Waals surface area (Å²) in [5, 5.41) is 7.67. The van der Waals surface area contributed by atoms with Gasteiger partial charge in [0.15, 0.2) is 0 Å². The lowest BCUT2D eigenvalue weighted by atomic mass is 9.74. The molecule has 2 aliphatic carbocycles. The molecule has 0 bridgehead atoms. The van der Waals surface area contributed by atoms with Crippen LogP contribution in [0, 0.1) is 5.92 Å². The average molecular weight is 768 g/mol. The van der Waals surface area contributed by atoms with Crippen LogP contribution in [0.4, 0.5) is 17.1 Å². The second kappa shape index (κ2) is 12.3. The highest BCUT2D eigenvalue weighted by Gasteiger charge is 2.44. The number of anilines is 3. The molecule has 1 unspecified atom stereocenters. The van der Waals surface area contributed by atoms with Crippen LogP contribution in [0.25, 0.3) is 76.7 Å². The van der Waals surface area contributed by atoms with Gasteiger partial charge in [-0.2, -0.15) is 0 Å². The molecule has 0 saturated carbocycles. The Hall–Kier alpha value is -7.36. The molecule has 3 aromatic heterocycles. The summed E-state index contributed by atoms with van der Waals surface area (Å²) < 4.78 is 4.89. The van der Waals surface area contributed by atoms with Crippen molar-refractivity contribution in [3.05, 3.63) is 211 Å². The fraction of sp³-hybridized carbons (Fsp3) is 0.0877. The Balaban J connectivity index is 1.03. The zero-order chi connectivity index (χ0) is 39.7. The van der Waals surface area contributed by atoms with E-state index < -0.39 is 0 Å². The maximum Gasteiger partial charge on any atom is 0.0621 e. The molecule has 0 fully saturated rings. The summed E-state index contributed by atoms with van der Waals surface area (Å²) >= 11 is 0. The third kappa shape index (κ3) is 4.49. The molecule has 60 heavy (non-hydrogen) atoms. The highest BCUT2D eigenvalue weighted by molar-refractivity contribution is 6.26. The van der Waals surface area contributed by atoms with Gasteiger partial charge in [0.1, 0.15) is 0 Å². The Morgan fingerprint density at radius 2 is 1.17 bits per heavy atom. The summed E-state index contributed by atoms with van der Waals surface area (Å²) in [6.45, 7) is 4.83. The van der Waals surface area contributed by atoms with Gasteiger partial charge in [-0.3, -0.25) is 0 Å². The topological polar surface area (TPSA) is 12.6 Å². The van der Waals surface area contributed by atoms with Crippen molar-refractivity contribution >= 4 is 77.0 Å². The first kappa shape index (κ1) is 33.6. The van der Waals surface area contributed by atoms with Crippen LogP contribution in [0.2, 0.25) is 0 Å². The van der Waals surface area contributed by atoms with E-state index in [9.17, 15) is 0 Å². The maximum absolute atomic E-state index is 2.51. The van der Waals surface area contributed by atoms with E-state index in [0.717, 1.165) is 5.69 Å².